The average molecular weight is 620 g/mol. The summed E-state index contributed by atoms with van der Waals surface area (Å²) in [6.45, 7) is 3.52. The first-order valence-electron chi connectivity index (χ1n) is 13.6. The number of esters is 1. The number of rotatable bonds is 6. The highest BCUT2D eigenvalue weighted by atomic mass is 32.2. The zero-order chi connectivity index (χ0) is 31.3. The Kier molecular flexibility index (Phi) is 7.34. The average Bonchev–Trinajstić information content (AvgIpc) is 3.43. The minimum atomic E-state index is -3.80. The number of aryl methyl sites for hydroxylation is 1. The van der Waals surface area contributed by atoms with Gasteiger partial charge in [0.1, 0.15) is 34.4 Å². The van der Waals surface area contributed by atoms with Crippen LogP contribution in [-0.2, 0) is 27.8 Å². The van der Waals surface area contributed by atoms with Crippen molar-refractivity contribution < 1.29 is 31.1 Å². The van der Waals surface area contributed by atoms with E-state index in [1.807, 2.05) is 6.92 Å². The Morgan fingerprint density at radius 3 is 2.36 bits per heavy atom. The summed E-state index contributed by atoms with van der Waals surface area (Å²) in [5.74, 6) is -3.75. The molecule has 0 saturated heterocycles. The molecule has 0 aliphatic carbocycles. The Morgan fingerprint density at radius 2 is 1.66 bits per heavy atom. The zero-order valence-corrected chi connectivity index (χ0v) is 24.3. The van der Waals surface area contributed by atoms with E-state index in [2.05, 4.69) is 4.98 Å². The summed E-state index contributed by atoms with van der Waals surface area (Å²) in [6.07, 6.45) is 1.03. The van der Waals surface area contributed by atoms with Gasteiger partial charge < -0.3 is 4.74 Å². The minimum Gasteiger partial charge on any atom is -0.462 e. The number of nitrogens with zero attached hydrogens (tertiary/aromatic N) is 3. The summed E-state index contributed by atoms with van der Waals surface area (Å²) < 4.78 is 78.2. The van der Waals surface area contributed by atoms with E-state index in [0.717, 1.165) is 40.1 Å². The first-order valence-corrected chi connectivity index (χ1v) is 15.0. The molecule has 8 nitrogen and oxygen atoms in total. The van der Waals surface area contributed by atoms with Crippen molar-refractivity contribution in [2.45, 2.75) is 31.8 Å². The van der Waals surface area contributed by atoms with Crippen LogP contribution in [0, 0.1) is 24.4 Å². The number of benzene rings is 3. The van der Waals surface area contributed by atoms with E-state index in [-0.39, 0.29) is 52.6 Å². The van der Waals surface area contributed by atoms with Crippen molar-refractivity contribution >= 4 is 27.0 Å². The molecule has 0 radical (unpaired) electrons. The second kappa shape index (κ2) is 11.0. The molecule has 3 aromatic carbocycles. The van der Waals surface area contributed by atoms with Crippen LogP contribution in [0.3, 0.4) is 0 Å². The molecule has 0 saturated carbocycles. The number of carbonyl (C=O) groups excluding carboxylic acids is 1. The quantitative estimate of drug-likeness (QED) is 0.228. The van der Waals surface area contributed by atoms with Crippen molar-refractivity contribution in [1.82, 2.24) is 13.9 Å². The van der Waals surface area contributed by atoms with Crippen molar-refractivity contribution in [3.8, 4) is 16.9 Å². The number of hydrogen-bond acceptors (Lipinski definition) is 6. The van der Waals surface area contributed by atoms with E-state index in [0.29, 0.717) is 11.6 Å². The van der Waals surface area contributed by atoms with Gasteiger partial charge in [-0.3, -0.25) is 9.36 Å². The highest BCUT2D eigenvalue weighted by Gasteiger charge is 2.31. The third-order valence-corrected chi connectivity index (χ3v) is 9.23. The van der Waals surface area contributed by atoms with E-state index in [1.165, 1.54) is 4.31 Å². The predicted molar refractivity (Wildman–Crippen MR) is 156 cm³/mol. The van der Waals surface area contributed by atoms with Crippen molar-refractivity contribution in [2.24, 2.45) is 0 Å². The van der Waals surface area contributed by atoms with E-state index in [4.69, 9.17) is 4.74 Å². The number of ether oxygens (including phenoxy) is 1. The van der Waals surface area contributed by atoms with E-state index in [9.17, 15) is 26.8 Å². The van der Waals surface area contributed by atoms with E-state index < -0.39 is 44.4 Å². The molecule has 44 heavy (non-hydrogen) atoms. The summed E-state index contributed by atoms with van der Waals surface area (Å²) in [7, 11) is -3.80. The lowest BCUT2D eigenvalue weighted by Crippen LogP contribution is -2.25. The Bertz CT molecular complexity index is 2150. The summed E-state index contributed by atoms with van der Waals surface area (Å²) in [5.41, 5.74) is 0.602. The molecule has 1 aliphatic rings. The van der Waals surface area contributed by atoms with Gasteiger partial charge in [-0.05, 0) is 61.4 Å². The predicted octanol–water partition coefficient (Wildman–Crippen LogP) is 5.66. The van der Waals surface area contributed by atoms with Crippen molar-refractivity contribution in [3.63, 3.8) is 0 Å². The highest BCUT2D eigenvalue weighted by Crippen LogP contribution is 2.33. The largest absolute Gasteiger partial charge is 0.462 e. The van der Waals surface area contributed by atoms with Crippen LogP contribution >= 0.6 is 0 Å². The fraction of sp³-hybridized carbons (Fsp3) is 0.156. The summed E-state index contributed by atoms with van der Waals surface area (Å²) in [4.78, 5) is 30.4. The van der Waals surface area contributed by atoms with Gasteiger partial charge in [0.2, 0.25) is 15.5 Å². The molecule has 3 heterocycles. The van der Waals surface area contributed by atoms with Gasteiger partial charge in [-0.2, -0.15) is 4.31 Å². The molecule has 5 aromatic rings. The Hall–Kier alpha value is -4.81. The fourth-order valence-electron chi connectivity index (χ4n) is 5.18. The summed E-state index contributed by atoms with van der Waals surface area (Å²) in [5, 5.41) is -0.322. The standard InChI is InChI=1S/C32H24F3N3O5S/c1-3-43-32(40)25-17-38(28-11-8-22(33)13-26(28)34)31-24(30(25)39)14-27(35)29(36-31)19-6-7-20-15-37(16-21(20)12-19)44(41,42)23-9-4-18(2)5-10-23/h4-14,17H,3,15-16H2,1-2H3. The number of fused-ring (bicyclic) bond motifs is 2. The lowest BCUT2D eigenvalue weighted by atomic mass is 10.0. The van der Waals surface area contributed by atoms with Gasteiger partial charge in [-0.15, -0.1) is 0 Å². The molecule has 0 bridgehead atoms. The van der Waals surface area contributed by atoms with Gasteiger partial charge in [-0.1, -0.05) is 29.8 Å². The molecule has 12 heteroatoms. The molecule has 0 unspecified atom stereocenters. The van der Waals surface area contributed by atoms with Gasteiger partial charge in [0.05, 0.1) is 22.6 Å². The molecular formula is C32H24F3N3O5S. The lowest BCUT2D eigenvalue weighted by molar-refractivity contribution is 0.0524. The Balaban J connectivity index is 1.46. The van der Waals surface area contributed by atoms with Crippen LogP contribution in [0.2, 0.25) is 0 Å². The Morgan fingerprint density at radius 1 is 0.932 bits per heavy atom. The third-order valence-electron chi connectivity index (χ3n) is 7.43. The van der Waals surface area contributed by atoms with Crippen molar-refractivity contribution in [3.05, 3.63) is 123 Å². The van der Waals surface area contributed by atoms with Gasteiger partial charge in [0.15, 0.2) is 0 Å². The molecule has 0 fully saturated rings. The van der Waals surface area contributed by atoms with Crippen LogP contribution in [-0.4, -0.2) is 34.9 Å². The van der Waals surface area contributed by atoms with Gasteiger partial charge in [0, 0.05) is 30.9 Å². The first kappa shape index (κ1) is 29.3. The van der Waals surface area contributed by atoms with Crippen LogP contribution in [0.1, 0.15) is 34.0 Å². The lowest BCUT2D eigenvalue weighted by Gasteiger charge is -2.15. The third kappa shape index (κ3) is 5.05. The maximum absolute atomic E-state index is 15.6. The molecule has 0 spiro atoms. The molecule has 0 atom stereocenters. The van der Waals surface area contributed by atoms with Crippen LogP contribution < -0.4 is 5.43 Å². The molecule has 1 aliphatic heterocycles. The molecule has 2 aromatic heterocycles. The fourth-order valence-corrected chi connectivity index (χ4v) is 6.58. The molecule has 0 amide bonds. The number of sulfonamides is 1. The maximum atomic E-state index is 15.6. The molecule has 6 rings (SSSR count). The number of hydrogen-bond donors (Lipinski definition) is 0. The van der Waals surface area contributed by atoms with E-state index in [1.54, 1.807) is 49.4 Å². The monoisotopic (exact) mass is 619 g/mol. The van der Waals surface area contributed by atoms with Crippen LogP contribution in [0.15, 0.2) is 82.6 Å². The first-order chi connectivity index (χ1) is 21.0. The number of halogens is 3. The summed E-state index contributed by atoms with van der Waals surface area (Å²) >= 11 is 0. The normalized spacial score (nSPS) is 13.3. The number of pyridine rings is 2. The van der Waals surface area contributed by atoms with Gasteiger partial charge in [0.25, 0.3) is 0 Å². The maximum Gasteiger partial charge on any atom is 0.343 e. The van der Waals surface area contributed by atoms with Crippen molar-refractivity contribution in [2.75, 3.05) is 6.61 Å². The molecule has 0 N–H and O–H groups in total. The highest BCUT2D eigenvalue weighted by molar-refractivity contribution is 7.89. The van der Waals surface area contributed by atoms with Crippen molar-refractivity contribution in [1.29, 1.82) is 0 Å². The SMILES string of the molecule is CCOC(=O)c1cn(-c2ccc(F)cc2F)c2nc(-c3ccc4c(c3)CN(S(=O)(=O)c3ccc(C)cc3)C4)c(F)cc2c1=O. The van der Waals surface area contributed by atoms with Gasteiger partial charge in [-0.25, -0.2) is 31.4 Å². The smallest absolute Gasteiger partial charge is 0.343 e. The zero-order valence-electron chi connectivity index (χ0n) is 23.5. The van der Waals surface area contributed by atoms with E-state index >= 15 is 4.39 Å². The second-order valence-corrected chi connectivity index (χ2v) is 12.3. The Labute approximate surface area is 250 Å². The topological polar surface area (TPSA) is 98.6 Å². The minimum absolute atomic E-state index is 0.0446. The van der Waals surface area contributed by atoms with Crippen LogP contribution in [0.5, 0.6) is 0 Å². The van der Waals surface area contributed by atoms with Crippen LogP contribution in [0.4, 0.5) is 13.2 Å². The van der Waals surface area contributed by atoms with Crippen LogP contribution in [0.25, 0.3) is 28.0 Å². The summed E-state index contributed by atoms with van der Waals surface area (Å²) in [6, 6.07) is 15.0. The second-order valence-electron chi connectivity index (χ2n) is 10.3. The number of aromatic nitrogens is 2. The number of carbonyl (C=O) groups is 1. The van der Waals surface area contributed by atoms with Gasteiger partial charge >= 0.3 is 5.97 Å². The molecular weight excluding hydrogens is 595 g/mol. The molecule has 224 valence electrons.